The SMILES string of the molecule is COc1ccc(CN2C(=O)CO[C@@H](C(=O)NC3CC3)[C@@H]2c2ccccc2)c(OC)c1. The summed E-state index contributed by atoms with van der Waals surface area (Å²) in [5.74, 6) is 0.951. The summed E-state index contributed by atoms with van der Waals surface area (Å²) >= 11 is 0. The van der Waals surface area contributed by atoms with Gasteiger partial charge >= 0.3 is 0 Å². The van der Waals surface area contributed by atoms with Crippen molar-refractivity contribution in [1.82, 2.24) is 10.2 Å². The maximum absolute atomic E-state index is 12.9. The van der Waals surface area contributed by atoms with E-state index in [1.165, 1.54) is 0 Å². The van der Waals surface area contributed by atoms with Crippen LogP contribution in [0.4, 0.5) is 0 Å². The van der Waals surface area contributed by atoms with E-state index in [1.54, 1.807) is 25.2 Å². The predicted octanol–water partition coefficient (Wildman–Crippen LogP) is 2.45. The molecule has 4 rings (SSSR count). The van der Waals surface area contributed by atoms with Gasteiger partial charge in [-0.3, -0.25) is 9.59 Å². The minimum Gasteiger partial charge on any atom is -0.497 e. The van der Waals surface area contributed by atoms with E-state index >= 15 is 0 Å². The number of amides is 2. The molecule has 7 nitrogen and oxygen atoms in total. The molecule has 1 aliphatic heterocycles. The van der Waals surface area contributed by atoms with Gasteiger partial charge in [0.1, 0.15) is 18.1 Å². The van der Waals surface area contributed by atoms with Crippen LogP contribution in [-0.2, 0) is 20.9 Å². The third-order valence-corrected chi connectivity index (χ3v) is 5.49. The molecule has 1 heterocycles. The van der Waals surface area contributed by atoms with E-state index in [-0.39, 0.29) is 24.5 Å². The molecule has 158 valence electrons. The number of benzene rings is 2. The Labute approximate surface area is 175 Å². The van der Waals surface area contributed by atoms with E-state index in [2.05, 4.69) is 5.32 Å². The Morgan fingerprint density at radius 2 is 1.90 bits per heavy atom. The summed E-state index contributed by atoms with van der Waals surface area (Å²) in [4.78, 5) is 27.5. The first-order valence-corrected chi connectivity index (χ1v) is 10.1. The first-order valence-electron chi connectivity index (χ1n) is 10.1. The second-order valence-electron chi connectivity index (χ2n) is 7.57. The number of nitrogens with one attached hydrogen (secondary N) is 1. The lowest BCUT2D eigenvalue weighted by molar-refractivity contribution is -0.165. The van der Waals surface area contributed by atoms with Gasteiger partial charge in [-0.1, -0.05) is 30.3 Å². The van der Waals surface area contributed by atoms with Crippen LogP contribution in [0.2, 0.25) is 0 Å². The van der Waals surface area contributed by atoms with Crippen LogP contribution in [0.25, 0.3) is 0 Å². The van der Waals surface area contributed by atoms with Gasteiger partial charge in [0, 0.05) is 17.7 Å². The molecule has 2 aliphatic rings. The molecule has 1 aliphatic carbocycles. The van der Waals surface area contributed by atoms with Crippen molar-refractivity contribution in [1.29, 1.82) is 0 Å². The topological polar surface area (TPSA) is 77.1 Å². The molecular weight excluding hydrogens is 384 g/mol. The average molecular weight is 410 g/mol. The summed E-state index contributed by atoms with van der Waals surface area (Å²) in [6.45, 7) is 0.159. The van der Waals surface area contributed by atoms with E-state index in [4.69, 9.17) is 14.2 Å². The number of carbonyl (C=O) groups is 2. The maximum atomic E-state index is 12.9. The summed E-state index contributed by atoms with van der Waals surface area (Å²) in [5.41, 5.74) is 1.69. The molecule has 2 aromatic rings. The van der Waals surface area contributed by atoms with Gasteiger partial charge in [-0.25, -0.2) is 0 Å². The number of carbonyl (C=O) groups excluding carboxylic acids is 2. The Hall–Kier alpha value is -3.06. The third kappa shape index (κ3) is 4.26. The van der Waals surface area contributed by atoms with Crippen LogP contribution >= 0.6 is 0 Å². The molecule has 0 unspecified atom stereocenters. The smallest absolute Gasteiger partial charge is 0.251 e. The van der Waals surface area contributed by atoms with Crippen LogP contribution in [0.1, 0.15) is 30.0 Å². The van der Waals surface area contributed by atoms with Gasteiger partial charge in [-0.05, 0) is 30.5 Å². The molecule has 30 heavy (non-hydrogen) atoms. The van der Waals surface area contributed by atoms with Crippen LogP contribution in [-0.4, -0.2) is 49.7 Å². The van der Waals surface area contributed by atoms with Crippen LogP contribution < -0.4 is 14.8 Å². The standard InChI is InChI=1S/C23H26N2O5/c1-28-18-11-8-16(19(12-18)29-2)13-25-20(26)14-30-22(23(27)24-17-9-10-17)21(25)15-6-4-3-5-7-15/h3-8,11-12,17,21-22H,9-10,13-14H2,1-2H3,(H,24,27)/t21-,22+/m0/s1. The zero-order valence-electron chi connectivity index (χ0n) is 17.2. The summed E-state index contributed by atoms with van der Waals surface area (Å²) in [6, 6.07) is 14.7. The fourth-order valence-electron chi connectivity index (χ4n) is 3.74. The van der Waals surface area contributed by atoms with Gasteiger partial charge in [0.05, 0.1) is 26.8 Å². The van der Waals surface area contributed by atoms with Crippen LogP contribution in [0.3, 0.4) is 0 Å². The van der Waals surface area contributed by atoms with Crippen LogP contribution in [0, 0.1) is 0 Å². The molecule has 2 atom stereocenters. The summed E-state index contributed by atoms with van der Waals surface area (Å²) in [6.07, 6.45) is 1.20. The molecular formula is C23H26N2O5. The van der Waals surface area contributed by atoms with Crippen LogP contribution in [0.15, 0.2) is 48.5 Å². The number of hydrogen-bond donors (Lipinski definition) is 1. The van der Waals surface area contributed by atoms with Crippen molar-refractivity contribution in [2.24, 2.45) is 0 Å². The zero-order valence-corrected chi connectivity index (χ0v) is 17.2. The summed E-state index contributed by atoms with van der Waals surface area (Å²) in [7, 11) is 3.18. The monoisotopic (exact) mass is 410 g/mol. The molecule has 0 aromatic heterocycles. The first-order chi connectivity index (χ1) is 14.6. The highest BCUT2D eigenvalue weighted by Gasteiger charge is 2.43. The van der Waals surface area contributed by atoms with E-state index in [9.17, 15) is 9.59 Å². The molecule has 2 amide bonds. The van der Waals surface area contributed by atoms with E-state index < -0.39 is 12.1 Å². The lowest BCUT2D eigenvalue weighted by atomic mass is 9.96. The molecule has 1 N–H and O–H groups in total. The van der Waals surface area contributed by atoms with Crippen LogP contribution in [0.5, 0.6) is 11.5 Å². The van der Waals surface area contributed by atoms with Crippen molar-refractivity contribution in [2.75, 3.05) is 20.8 Å². The van der Waals surface area contributed by atoms with E-state index in [1.807, 2.05) is 42.5 Å². The van der Waals surface area contributed by atoms with Crippen molar-refractivity contribution >= 4 is 11.8 Å². The molecule has 2 aromatic carbocycles. The third-order valence-electron chi connectivity index (χ3n) is 5.49. The van der Waals surface area contributed by atoms with Crippen molar-refractivity contribution in [2.45, 2.75) is 37.6 Å². The minimum atomic E-state index is -0.769. The fourth-order valence-corrected chi connectivity index (χ4v) is 3.74. The molecule has 0 radical (unpaired) electrons. The Bertz CT molecular complexity index is 913. The number of hydrogen-bond acceptors (Lipinski definition) is 5. The number of morpholine rings is 1. The lowest BCUT2D eigenvalue weighted by Gasteiger charge is -2.40. The van der Waals surface area contributed by atoms with Crippen molar-refractivity contribution in [3.63, 3.8) is 0 Å². The summed E-state index contributed by atoms with van der Waals surface area (Å²) < 4.78 is 16.5. The zero-order chi connectivity index (χ0) is 21.1. The fraction of sp³-hybridized carbons (Fsp3) is 0.391. The highest BCUT2D eigenvalue weighted by atomic mass is 16.5. The average Bonchev–Trinajstić information content (AvgIpc) is 3.59. The molecule has 1 saturated carbocycles. The van der Waals surface area contributed by atoms with Gasteiger partial charge in [-0.2, -0.15) is 0 Å². The Morgan fingerprint density at radius 1 is 1.13 bits per heavy atom. The molecule has 7 heteroatoms. The minimum absolute atomic E-state index is 0.134. The number of ether oxygens (including phenoxy) is 3. The highest BCUT2D eigenvalue weighted by molar-refractivity contribution is 5.86. The van der Waals surface area contributed by atoms with E-state index in [0.717, 1.165) is 24.0 Å². The maximum Gasteiger partial charge on any atom is 0.251 e. The Morgan fingerprint density at radius 3 is 2.57 bits per heavy atom. The summed E-state index contributed by atoms with van der Waals surface area (Å²) in [5, 5.41) is 3.02. The quantitative estimate of drug-likeness (QED) is 0.759. The number of methoxy groups -OCH3 is 2. The highest BCUT2D eigenvalue weighted by Crippen LogP contribution is 2.35. The first kappa shape index (κ1) is 20.2. The van der Waals surface area contributed by atoms with Crippen molar-refractivity contribution < 1.29 is 23.8 Å². The number of rotatable bonds is 7. The molecule has 0 spiro atoms. The van der Waals surface area contributed by atoms with Gasteiger partial charge < -0.3 is 24.4 Å². The lowest BCUT2D eigenvalue weighted by Crippen LogP contribution is -2.54. The van der Waals surface area contributed by atoms with Gasteiger partial charge in [0.2, 0.25) is 5.91 Å². The van der Waals surface area contributed by atoms with Crippen molar-refractivity contribution in [3.8, 4) is 11.5 Å². The van der Waals surface area contributed by atoms with Crippen molar-refractivity contribution in [3.05, 3.63) is 59.7 Å². The second kappa shape index (κ2) is 8.75. The molecule has 1 saturated heterocycles. The largest absolute Gasteiger partial charge is 0.497 e. The predicted molar refractivity (Wildman–Crippen MR) is 110 cm³/mol. The van der Waals surface area contributed by atoms with Gasteiger partial charge in [-0.15, -0.1) is 0 Å². The van der Waals surface area contributed by atoms with E-state index in [0.29, 0.717) is 18.0 Å². The number of nitrogens with zero attached hydrogens (tertiary/aromatic N) is 1. The Balaban J connectivity index is 1.67. The normalized spacial score (nSPS) is 21.3. The Kier molecular flexibility index (Phi) is 5.90. The second-order valence-corrected chi connectivity index (χ2v) is 7.57. The van der Waals surface area contributed by atoms with Gasteiger partial charge in [0.25, 0.3) is 5.91 Å². The molecule has 0 bridgehead atoms. The molecule has 2 fully saturated rings. The van der Waals surface area contributed by atoms with Gasteiger partial charge in [0.15, 0.2) is 6.10 Å².